The first kappa shape index (κ1) is 15.4. The molecule has 1 aromatic rings. The third kappa shape index (κ3) is 3.58. The monoisotopic (exact) mass is 391 g/mol. The highest BCUT2D eigenvalue weighted by Crippen LogP contribution is 2.29. The molecule has 1 aliphatic rings. The normalized spacial score (nSPS) is 28.6. The van der Waals surface area contributed by atoms with E-state index in [0.717, 1.165) is 8.95 Å². The minimum Gasteiger partial charge on any atom is -0.386 e. The Morgan fingerprint density at radius 2 is 2.26 bits per heavy atom. The van der Waals surface area contributed by atoms with E-state index in [1.807, 2.05) is 19.1 Å². The second kappa shape index (κ2) is 6.22. The zero-order valence-corrected chi connectivity index (χ0v) is 14.3. The fourth-order valence-electron chi connectivity index (χ4n) is 2.30. The Hall–Kier alpha value is 0.0600. The molecule has 1 saturated heterocycles. The van der Waals surface area contributed by atoms with E-state index in [1.165, 1.54) is 5.56 Å². The zero-order chi connectivity index (χ0) is 14.0. The second-order valence-corrected chi connectivity index (χ2v) is 6.91. The topological polar surface area (TPSA) is 41.5 Å². The largest absolute Gasteiger partial charge is 0.386 e. The summed E-state index contributed by atoms with van der Waals surface area (Å²) in [6.07, 6.45) is 0.579. The van der Waals surface area contributed by atoms with E-state index in [-0.39, 0.29) is 12.1 Å². The minimum atomic E-state index is -0.754. The summed E-state index contributed by atoms with van der Waals surface area (Å²) in [6, 6.07) is 6.29. The predicted octanol–water partition coefficient (Wildman–Crippen LogP) is 3.40. The molecule has 0 aromatic heterocycles. The van der Waals surface area contributed by atoms with Crippen LogP contribution in [0.1, 0.15) is 31.9 Å². The highest BCUT2D eigenvalue weighted by Gasteiger charge is 2.39. The van der Waals surface area contributed by atoms with Gasteiger partial charge in [0.25, 0.3) is 0 Å². The number of benzene rings is 1. The predicted molar refractivity (Wildman–Crippen MR) is 83.2 cm³/mol. The highest BCUT2D eigenvalue weighted by molar-refractivity contribution is 9.11. The van der Waals surface area contributed by atoms with Crippen LogP contribution in [0.5, 0.6) is 0 Å². The van der Waals surface area contributed by atoms with Gasteiger partial charge >= 0.3 is 0 Å². The number of aliphatic hydroxyl groups is 1. The van der Waals surface area contributed by atoms with Crippen molar-refractivity contribution in [1.82, 2.24) is 5.32 Å². The molecule has 2 rings (SSSR count). The Morgan fingerprint density at radius 1 is 1.53 bits per heavy atom. The van der Waals surface area contributed by atoms with Crippen molar-refractivity contribution in [3.8, 4) is 0 Å². The van der Waals surface area contributed by atoms with Gasteiger partial charge in [0.2, 0.25) is 0 Å². The van der Waals surface area contributed by atoms with Gasteiger partial charge in [-0.25, -0.2) is 0 Å². The second-order valence-electron chi connectivity index (χ2n) is 5.14. The Morgan fingerprint density at radius 3 is 2.84 bits per heavy atom. The lowest BCUT2D eigenvalue weighted by molar-refractivity contribution is -0.0274. The summed E-state index contributed by atoms with van der Waals surface area (Å²) in [6.45, 7) is 5.19. The van der Waals surface area contributed by atoms with Crippen LogP contribution in [-0.2, 0) is 4.74 Å². The van der Waals surface area contributed by atoms with Crippen molar-refractivity contribution in [3.05, 3.63) is 32.7 Å². The molecular weight excluding hydrogens is 374 g/mol. The van der Waals surface area contributed by atoms with Crippen molar-refractivity contribution in [3.63, 3.8) is 0 Å². The van der Waals surface area contributed by atoms with Crippen molar-refractivity contribution in [2.75, 3.05) is 13.2 Å². The molecule has 0 amide bonds. The molecule has 5 heteroatoms. The maximum atomic E-state index is 10.5. The van der Waals surface area contributed by atoms with Crippen LogP contribution in [0.25, 0.3) is 0 Å². The van der Waals surface area contributed by atoms with E-state index in [0.29, 0.717) is 19.6 Å². The Balaban J connectivity index is 1.99. The summed E-state index contributed by atoms with van der Waals surface area (Å²) in [4.78, 5) is 0. The van der Waals surface area contributed by atoms with Gasteiger partial charge in [-0.3, -0.25) is 0 Å². The highest BCUT2D eigenvalue weighted by atomic mass is 79.9. The van der Waals surface area contributed by atoms with Crippen LogP contribution < -0.4 is 5.32 Å². The van der Waals surface area contributed by atoms with Gasteiger partial charge in [-0.15, -0.1) is 0 Å². The van der Waals surface area contributed by atoms with Crippen LogP contribution in [0.3, 0.4) is 0 Å². The first-order chi connectivity index (χ1) is 8.92. The fourth-order valence-corrected chi connectivity index (χ4v) is 3.69. The van der Waals surface area contributed by atoms with E-state index in [2.05, 4.69) is 50.2 Å². The standard InChI is InChI=1S/C14H19Br2NO2/c1-9(12-4-3-11(15)7-13(12)16)17-8-14(18)5-6-19-10(14)2/h3-4,7,9-10,17-18H,5-6,8H2,1-2H3. The first-order valence-corrected chi connectivity index (χ1v) is 8.03. The average molecular weight is 393 g/mol. The number of ether oxygens (including phenoxy) is 1. The number of hydrogen-bond donors (Lipinski definition) is 2. The Labute approximate surface area is 131 Å². The zero-order valence-electron chi connectivity index (χ0n) is 11.1. The van der Waals surface area contributed by atoms with Gasteiger partial charge in [-0.2, -0.15) is 0 Å². The Bertz CT molecular complexity index is 455. The van der Waals surface area contributed by atoms with Gasteiger partial charge in [0.15, 0.2) is 0 Å². The molecule has 2 N–H and O–H groups in total. The van der Waals surface area contributed by atoms with E-state index < -0.39 is 5.60 Å². The van der Waals surface area contributed by atoms with Crippen LogP contribution >= 0.6 is 31.9 Å². The molecule has 0 spiro atoms. The van der Waals surface area contributed by atoms with E-state index in [1.54, 1.807) is 0 Å². The van der Waals surface area contributed by atoms with Crippen molar-refractivity contribution < 1.29 is 9.84 Å². The van der Waals surface area contributed by atoms with Gasteiger partial charge in [0, 0.05) is 34.6 Å². The summed E-state index contributed by atoms with van der Waals surface area (Å²) in [5, 5.41) is 13.9. The smallest absolute Gasteiger partial charge is 0.105 e. The molecule has 106 valence electrons. The molecule has 0 aliphatic carbocycles. The summed E-state index contributed by atoms with van der Waals surface area (Å²) >= 11 is 7.02. The lowest BCUT2D eigenvalue weighted by Gasteiger charge is -2.28. The molecule has 1 aliphatic heterocycles. The molecular formula is C14H19Br2NO2. The van der Waals surface area contributed by atoms with Crippen molar-refractivity contribution in [2.24, 2.45) is 0 Å². The molecule has 3 atom stereocenters. The summed E-state index contributed by atoms with van der Waals surface area (Å²) in [5.74, 6) is 0. The summed E-state index contributed by atoms with van der Waals surface area (Å²) < 4.78 is 7.55. The molecule has 0 saturated carbocycles. The molecule has 1 fully saturated rings. The third-order valence-electron chi connectivity index (χ3n) is 3.80. The van der Waals surface area contributed by atoms with Crippen LogP contribution in [0.2, 0.25) is 0 Å². The SMILES string of the molecule is CC(NCC1(O)CCOC1C)c1ccc(Br)cc1Br. The summed E-state index contributed by atoms with van der Waals surface area (Å²) in [7, 11) is 0. The van der Waals surface area contributed by atoms with Crippen LogP contribution in [0.4, 0.5) is 0 Å². The molecule has 0 radical (unpaired) electrons. The van der Waals surface area contributed by atoms with Crippen molar-refractivity contribution in [2.45, 2.75) is 38.0 Å². The van der Waals surface area contributed by atoms with E-state index in [4.69, 9.17) is 4.74 Å². The lowest BCUT2D eigenvalue weighted by atomic mass is 9.96. The molecule has 3 nitrogen and oxygen atoms in total. The quantitative estimate of drug-likeness (QED) is 0.824. The third-order valence-corrected chi connectivity index (χ3v) is 4.98. The van der Waals surface area contributed by atoms with Gasteiger partial charge in [0.05, 0.1) is 6.10 Å². The summed E-state index contributed by atoms with van der Waals surface area (Å²) in [5.41, 5.74) is 0.425. The lowest BCUT2D eigenvalue weighted by Crippen LogP contribution is -2.46. The molecule has 1 heterocycles. The molecule has 0 bridgehead atoms. The maximum Gasteiger partial charge on any atom is 0.105 e. The molecule has 3 unspecified atom stereocenters. The van der Waals surface area contributed by atoms with Gasteiger partial charge < -0.3 is 15.2 Å². The first-order valence-electron chi connectivity index (χ1n) is 6.45. The van der Waals surface area contributed by atoms with Crippen LogP contribution in [0.15, 0.2) is 27.1 Å². The molecule has 1 aromatic carbocycles. The van der Waals surface area contributed by atoms with Gasteiger partial charge in [-0.05, 0) is 31.5 Å². The maximum absolute atomic E-state index is 10.5. The minimum absolute atomic E-state index is 0.111. The molecule has 19 heavy (non-hydrogen) atoms. The van der Waals surface area contributed by atoms with Crippen LogP contribution in [-0.4, -0.2) is 30.0 Å². The number of rotatable bonds is 4. The number of hydrogen-bond acceptors (Lipinski definition) is 3. The number of halogens is 2. The Kier molecular flexibility index (Phi) is 5.06. The number of nitrogens with one attached hydrogen (secondary N) is 1. The van der Waals surface area contributed by atoms with E-state index >= 15 is 0 Å². The van der Waals surface area contributed by atoms with Crippen LogP contribution in [0, 0.1) is 0 Å². The van der Waals surface area contributed by atoms with Gasteiger partial charge in [-0.1, -0.05) is 37.9 Å². The van der Waals surface area contributed by atoms with Crippen molar-refractivity contribution >= 4 is 31.9 Å². The van der Waals surface area contributed by atoms with E-state index in [9.17, 15) is 5.11 Å². The average Bonchev–Trinajstić information content (AvgIpc) is 2.67. The van der Waals surface area contributed by atoms with Gasteiger partial charge in [0.1, 0.15) is 5.60 Å². The van der Waals surface area contributed by atoms with Crippen molar-refractivity contribution in [1.29, 1.82) is 0 Å². The fraction of sp³-hybridized carbons (Fsp3) is 0.571.